The minimum atomic E-state index is -4.49. The Hall–Kier alpha value is -3.84. The van der Waals surface area contributed by atoms with Gasteiger partial charge in [0.25, 0.3) is 0 Å². The fraction of sp³-hybridized carbons (Fsp3) is 0.400. The summed E-state index contributed by atoms with van der Waals surface area (Å²) in [6.07, 6.45) is 1.25. The minimum Gasteiger partial charge on any atom is -0.395 e. The zero-order valence-electron chi connectivity index (χ0n) is 20.5. The second-order valence-corrected chi connectivity index (χ2v) is 9.18. The van der Waals surface area contributed by atoms with Crippen LogP contribution in [-0.2, 0) is 17.4 Å². The van der Waals surface area contributed by atoms with E-state index >= 15 is 0 Å². The number of halogens is 3. The van der Waals surface area contributed by atoms with Crippen molar-refractivity contribution in [2.45, 2.75) is 25.1 Å². The molecule has 4 heterocycles. The molecule has 1 unspecified atom stereocenters. The molecule has 3 aromatic rings. The van der Waals surface area contributed by atoms with Crippen molar-refractivity contribution in [3.63, 3.8) is 0 Å². The van der Waals surface area contributed by atoms with Crippen LogP contribution in [0.3, 0.4) is 0 Å². The van der Waals surface area contributed by atoms with Crippen LogP contribution in [0.4, 0.5) is 36.4 Å². The van der Waals surface area contributed by atoms with Gasteiger partial charge in [-0.25, -0.2) is 19.9 Å². The third-order valence-corrected chi connectivity index (χ3v) is 6.76. The standard InChI is InChI=1S/C25H27F3N8O2/c26-25(27,28)18-14-31-24(32-15-18)36-7-4-17-12-19(2-3-21(17)36)33-22(38)13-20(16-37)34-8-10-35(11-9-34)23-29-5-1-6-30-23/h1-3,5-6,12,14-15,20,37H,4,7-11,13,16H2,(H,33,38). The summed E-state index contributed by atoms with van der Waals surface area (Å²) in [7, 11) is 0. The number of aliphatic hydroxyl groups excluding tert-OH is 1. The number of nitrogens with one attached hydrogen (secondary N) is 1. The van der Waals surface area contributed by atoms with Crippen LogP contribution in [0.1, 0.15) is 17.5 Å². The van der Waals surface area contributed by atoms with Crippen LogP contribution >= 0.6 is 0 Å². The van der Waals surface area contributed by atoms with Crippen molar-refractivity contribution in [3.05, 3.63) is 60.2 Å². The maximum absolute atomic E-state index is 12.8. The van der Waals surface area contributed by atoms with E-state index in [1.54, 1.807) is 35.5 Å². The minimum absolute atomic E-state index is 0.137. The molecular formula is C25H27F3N8O2. The molecule has 5 rings (SSSR count). The lowest BCUT2D eigenvalue weighted by molar-refractivity contribution is -0.138. The summed E-state index contributed by atoms with van der Waals surface area (Å²) >= 11 is 0. The van der Waals surface area contributed by atoms with Gasteiger partial charge in [-0.05, 0) is 36.2 Å². The summed E-state index contributed by atoms with van der Waals surface area (Å²) in [5.41, 5.74) is 1.44. The molecule has 10 nitrogen and oxygen atoms in total. The Morgan fingerprint density at radius 3 is 2.37 bits per heavy atom. The van der Waals surface area contributed by atoms with Gasteiger partial charge in [0.2, 0.25) is 17.8 Å². The monoisotopic (exact) mass is 528 g/mol. The van der Waals surface area contributed by atoms with E-state index in [9.17, 15) is 23.1 Å². The summed E-state index contributed by atoms with van der Waals surface area (Å²) in [6, 6.07) is 6.85. The van der Waals surface area contributed by atoms with Crippen molar-refractivity contribution in [1.29, 1.82) is 0 Å². The molecule has 2 aliphatic rings. The number of hydrogen-bond acceptors (Lipinski definition) is 9. The van der Waals surface area contributed by atoms with Gasteiger partial charge in [-0.2, -0.15) is 13.2 Å². The van der Waals surface area contributed by atoms with Gasteiger partial charge < -0.3 is 20.2 Å². The molecule has 200 valence electrons. The SMILES string of the molecule is O=C(CC(CO)N1CCN(c2ncccn2)CC1)Nc1ccc2c(c1)CCN2c1ncc(C(F)(F)F)cn1. The number of carbonyl (C=O) groups is 1. The molecule has 0 bridgehead atoms. The molecular weight excluding hydrogens is 501 g/mol. The Balaban J connectivity index is 1.17. The molecule has 1 amide bonds. The van der Waals surface area contributed by atoms with Crippen LogP contribution < -0.4 is 15.1 Å². The molecule has 13 heteroatoms. The summed E-state index contributed by atoms with van der Waals surface area (Å²) in [5, 5.41) is 12.9. The van der Waals surface area contributed by atoms with Crippen LogP contribution in [0.5, 0.6) is 0 Å². The van der Waals surface area contributed by atoms with Crippen molar-refractivity contribution < 1.29 is 23.1 Å². The largest absolute Gasteiger partial charge is 0.419 e. The van der Waals surface area contributed by atoms with Gasteiger partial charge in [-0.15, -0.1) is 0 Å². The number of hydrogen-bond donors (Lipinski definition) is 2. The highest BCUT2D eigenvalue weighted by molar-refractivity contribution is 5.91. The molecule has 38 heavy (non-hydrogen) atoms. The number of amides is 1. The normalized spacial score (nSPS) is 16.8. The average Bonchev–Trinajstić information content (AvgIpc) is 3.35. The van der Waals surface area contributed by atoms with Crippen molar-refractivity contribution in [2.24, 2.45) is 0 Å². The number of rotatable bonds is 7. The van der Waals surface area contributed by atoms with Crippen LogP contribution in [0, 0.1) is 0 Å². The van der Waals surface area contributed by atoms with Crippen molar-refractivity contribution in [2.75, 3.05) is 54.4 Å². The van der Waals surface area contributed by atoms with E-state index < -0.39 is 11.7 Å². The number of nitrogens with zero attached hydrogens (tertiary/aromatic N) is 7. The van der Waals surface area contributed by atoms with Gasteiger partial charge in [-0.1, -0.05) is 0 Å². The number of aromatic nitrogens is 4. The Labute approximate surface area is 217 Å². The Kier molecular flexibility index (Phi) is 7.38. The fourth-order valence-corrected chi connectivity index (χ4v) is 4.77. The van der Waals surface area contributed by atoms with E-state index in [1.807, 2.05) is 6.07 Å². The van der Waals surface area contributed by atoms with E-state index in [-0.39, 0.29) is 30.9 Å². The van der Waals surface area contributed by atoms with E-state index in [1.165, 1.54) is 0 Å². The lowest BCUT2D eigenvalue weighted by Gasteiger charge is -2.38. The first-order valence-corrected chi connectivity index (χ1v) is 12.3. The molecule has 2 aliphatic heterocycles. The fourth-order valence-electron chi connectivity index (χ4n) is 4.77. The molecule has 2 N–H and O–H groups in total. The van der Waals surface area contributed by atoms with E-state index in [0.29, 0.717) is 50.8 Å². The first-order chi connectivity index (χ1) is 18.3. The Bertz CT molecular complexity index is 1250. The number of alkyl halides is 3. The third-order valence-electron chi connectivity index (χ3n) is 6.76. The van der Waals surface area contributed by atoms with Crippen molar-refractivity contribution >= 4 is 29.2 Å². The Morgan fingerprint density at radius 1 is 1.00 bits per heavy atom. The highest BCUT2D eigenvalue weighted by Crippen LogP contribution is 2.35. The molecule has 1 saturated heterocycles. The van der Waals surface area contributed by atoms with Crippen molar-refractivity contribution in [3.8, 4) is 0 Å². The topological polar surface area (TPSA) is 111 Å². The van der Waals surface area contributed by atoms with E-state index in [0.717, 1.165) is 23.6 Å². The van der Waals surface area contributed by atoms with Gasteiger partial charge in [0.1, 0.15) is 0 Å². The van der Waals surface area contributed by atoms with E-state index in [4.69, 9.17) is 0 Å². The van der Waals surface area contributed by atoms with Gasteiger partial charge in [0.05, 0.1) is 12.2 Å². The number of fused-ring (bicyclic) bond motifs is 1. The molecule has 0 radical (unpaired) electrons. The molecule has 0 saturated carbocycles. The molecule has 1 fully saturated rings. The van der Waals surface area contributed by atoms with Crippen LogP contribution in [0.2, 0.25) is 0 Å². The van der Waals surface area contributed by atoms with Crippen molar-refractivity contribution in [1.82, 2.24) is 24.8 Å². The summed E-state index contributed by atoms with van der Waals surface area (Å²) in [5.74, 6) is 0.655. The quantitative estimate of drug-likeness (QED) is 0.478. The van der Waals surface area contributed by atoms with Gasteiger partial charge in [0.15, 0.2) is 0 Å². The first-order valence-electron chi connectivity index (χ1n) is 12.3. The van der Waals surface area contributed by atoms with E-state index in [2.05, 4.69) is 35.1 Å². The predicted molar refractivity (Wildman–Crippen MR) is 134 cm³/mol. The lowest BCUT2D eigenvalue weighted by atomic mass is 10.1. The predicted octanol–water partition coefficient (Wildman–Crippen LogP) is 2.49. The highest BCUT2D eigenvalue weighted by Gasteiger charge is 2.32. The first kappa shape index (κ1) is 25.8. The maximum atomic E-state index is 12.8. The number of carbonyl (C=O) groups excluding carboxylic acids is 1. The average molecular weight is 529 g/mol. The summed E-state index contributed by atoms with van der Waals surface area (Å²) < 4.78 is 38.5. The van der Waals surface area contributed by atoms with Crippen LogP contribution in [0.15, 0.2) is 49.1 Å². The number of piperazine rings is 1. The van der Waals surface area contributed by atoms with Gasteiger partial charge in [-0.3, -0.25) is 9.69 Å². The van der Waals surface area contributed by atoms with Gasteiger partial charge >= 0.3 is 6.18 Å². The number of anilines is 4. The molecule has 1 atom stereocenters. The summed E-state index contributed by atoms with van der Waals surface area (Å²) in [4.78, 5) is 35.1. The molecule has 0 aliphatic carbocycles. The van der Waals surface area contributed by atoms with Crippen LogP contribution in [0.25, 0.3) is 0 Å². The van der Waals surface area contributed by atoms with Gasteiger partial charge in [0, 0.05) is 81.3 Å². The Morgan fingerprint density at radius 2 is 1.71 bits per heavy atom. The molecule has 1 aromatic carbocycles. The molecule has 0 spiro atoms. The second kappa shape index (κ2) is 10.9. The summed E-state index contributed by atoms with van der Waals surface area (Å²) in [6.45, 7) is 3.14. The lowest BCUT2D eigenvalue weighted by Crippen LogP contribution is -2.52. The zero-order chi connectivity index (χ0) is 26.7. The van der Waals surface area contributed by atoms with Crippen LogP contribution in [-0.4, -0.2) is 81.2 Å². The number of benzene rings is 1. The zero-order valence-corrected chi connectivity index (χ0v) is 20.5. The maximum Gasteiger partial charge on any atom is 0.419 e. The number of aliphatic hydroxyl groups is 1. The molecule has 2 aromatic heterocycles. The second-order valence-electron chi connectivity index (χ2n) is 9.18. The highest BCUT2D eigenvalue weighted by atomic mass is 19.4. The third kappa shape index (κ3) is 5.68. The smallest absolute Gasteiger partial charge is 0.395 e.